The van der Waals surface area contributed by atoms with Crippen LogP contribution < -0.4 is 5.32 Å². The fraction of sp³-hybridized carbons (Fsp3) is 0.938. The molecule has 1 aliphatic rings. The highest BCUT2D eigenvalue weighted by atomic mass is 16.4. The number of carboxylic acid groups (broad SMARTS) is 1. The molecule has 0 aromatic carbocycles. The second-order valence-electron chi connectivity index (χ2n) is 7.27. The lowest BCUT2D eigenvalue weighted by molar-refractivity contribution is -0.147. The fourth-order valence-electron chi connectivity index (χ4n) is 2.94. The van der Waals surface area contributed by atoms with Gasteiger partial charge >= 0.3 is 5.97 Å². The van der Waals surface area contributed by atoms with E-state index in [2.05, 4.69) is 37.9 Å². The van der Waals surface area contributed by atoms with Crippen LogP contribution in [0.3, 0.4) is 0 Å². The molecule has 0 radical (unpaired) electrons. The zero-order valence-electron chi connectivity index (χ0n) is 13.9. The summed E-state index contributed by atoms with van der Waals surface area (Å²) in [4.78, 5) is 14.3. The molecule has 1 fully saturated rings. The number of hydrogen-bond acceptors (Lipinski definition) is 3. The van der Waals surface area contributed by atoms with Gasteiger partial charge in [0.25, 0.3) is 0 Å². The van der Waals surface area contributed by atoms with Gasteiger partial charge < -0.3 is 5.11 Å². The predicted octanol–water partition coefficient (Wildman–Crippen LogP) is 2.58. The minimum Gasteiger partial charge on any atom is -0.480 e. The molecule has 118 valence electrons. The van der Waals surface area contributed by atoms with E-state index in [4.69, 9.17) is 0 Å². The van der Waals surface area contributed by atoms with Crippen LogP contribution in [0.25, 0.3) is 0 Å². The summed E-state index contributed by atoms with van der Waals surface area (Å²) in [6, 6.07) is 0.545. The molecule has 1 atom stereocenters. The average Bonchev–Trinajstić information content (AvgIpc) is 3.08. The fourth-order valence-corrected chi connectivity index (χ4v) is 2.94. The molecule has 1 saturated carbocycles. The molecule has 1 unspecified atom stereocenters. The third kappa shape index (κ3) is 4.45. The minimum atomic E-state index is -0.784. The molecule has 1 aliphatic carbocycles. The van der Waals surface area contributed by atoms with Crippen LogP contribution >= 0.6 is 0 Å². The summed E-state index contributed by atoms with van der Waals surface area (Å²) >= 11 is 0. The lowest BCUT2D eigenvalue weighted by Crippen LogP contribution is -2.63. The van der Waals surface area contributed by atoms with E-state index in [9.17, 15) is 9.90 Å². The molecule has 0 aromatic rings. The summed E-state index contributed by atoms with van der Waals surface area (Å²) in [5, 5.41) is 13.2. The van der Waals surface area contributed by atoms with E-state index < -0.39 is 11.5 Å². The molecule has 0 amide bonds. The zero-order valence-corrected chi connectivity index (χ0v) is 13.9. The highest BCUT2D eigenvalue weighted by Gasteiger charge is 2.52. The Kier molecular flexibility index (Phi) is 6.02. The Hall–Kier alpha value is -0.610. The molecule has 0 bridgehead atoms. The molecule has 1 rings (SSSR count). The Balaban J connectivity index is 2.94. The monoisotopic (exact) mass is 284 g/mol. The Labute approximate surface area is 123 Å². The van der Waals surface area contributed by atoms with Gasteiger partial charge in [0.15, 0.2) is 0 Å². The van der Waals surface area contributed by atoms with Crippen LogP contribution in [0.15, 0.2) is 0 Å². The molecule has 0 spiro atoms. The maximum Gasteiger partial charge on any atom is 0.325 e. The van der Waals surface area contributed by atoms with E-state index >= 15 is 0 Å². The maximum atomic E-state index is 12.0. The number of aliphatic carboxylic acids is 1. The number of hydrogen-bond donors (Lipinski definition) is 2. The Morgan fingerprint density at radius 1 is 1.25 bits per heavy atom. The highest BCUT2D eigenvalue weighted by molar-refractivity contribution is 5.80. The number of carboxylic acids is 1. The van der Waals surface area contributed by atoms with E-state index in [0.29, 0.717) is 18.5 Å². The van der Waals surface area contributed by atoms with Crippen molar-refractivity contribution in [3.63, 3.8) is 0 Å². The molecular formula is C16H32N2O2. The van der Waals surface area contributed by atoms with Crippen LogP contribution in [-0.4, -0.2) is 46.7 Å². The van der Waals surface area contributed by atoms with Crippen LogP contribution in [0.2, 0.25) is 0 Å². The second kappa shape index (κ2) is 6.90. The Morgan fingerprint density at radius 3 is 2.10 bits per heavy atom. The third-order valence-electron chi connectivity index (χ3n) is 3.98. The first-order chi connectivity index (χ1) is 9.19. The van der Waals surface area contributed by atoms with Crippen molar-refractivity contribution in [2.75, 3.05) is 13.1 Å². The highest BCUT2D eigenvalue weighted by Crippen LogP contribution is 2.41. The van der Waals surface area contributed by atoms with Crippen LogP contribution in [0, 0.1) is 11.8 Å². The van der Waals surface area contributed by atoms with Crippen molar-refractivity contribution in [2.24, 2.45) is 11.8 Å². The van der Waals surface area contributed by atoms with Crippen molar-refractivity contribution in [1.29, 1.82) is 0 Å². The van der Waals surface area contributed by atoms with Gasteiger partial charge in [0.05, 0.1) is 0 Å². The number of nitrogens with zero attached hydrogens (tertiary/aromatic N) is 1. The van der Waals surface area contributed by atoms with Crippen molar-refractivity contribution in [3.8, 4) is 0 Å². The molecule has 0 aromatic heterocycles. The van der Waals surface area contributed by atoms with Crippen molar-refractivity contribution >= 4 is 5.97 Å². The van der Waals surface area contributed by atoms with Gasteiger partial charge in [0.2, 0.25) is 0 Å². The summed E-state index contributed by atoms with van der Waals surface area (Å²) in [5.74, 6) is 0.126. The number of rotatable bonds is 9. The van der Waals surface area contributed by atoms with Gasteiger partial charge in [-0.05, 0) is 52.4 Å². The van der Waals surface area contributed by atoms with Gasteiger partial charge in [0.1, 0.15) is 5.54 Å². The molecular weight excluding hydrogens is 252 g/mol. The third-order valence-corrected chi connectivity index (χ3v) is 3.98. The maximum absolute atomic E-state index is 12.0. The van der Waals surface area contributed by atoms with Gasteiger partial charge in [-0.15, -0.1) is 0 Å². The molecule has 2 N–H and O–H groups in total. The van der Waals surface area contributed by atoms with E-state index in [1.54, 1.807) is 0 Å². The SMILES string of the molecule is CC(C)CN(CC(NC(C)C)(C(=O)O)C1CC1)C(C)C. The van der Waals surface area contributed by atoms with E-state index in [0.717, 1.165) is 19.4 Å². The lowest BCUT2D eigenvalue weighted by atomic mass is 9.90. The molecule has 0 heterocycles. The van der Waals surface area contributed by atoms with Crippen molar-refractivity contribution < 1.29 is 9.90 Å². The van der Waals surface area contributed by atoms with Gasteiger partial charge in [-0.25, -0.2) is 0 Å². The first-order valence-electron chi connectivity index (χ1n) is 7.94. The first kappa shape index (κ1) is 17.4. The topological polar surface area (TPSA) is 52.6 Å². The molecule has 0 saturated heterocycles. The lowest BCUT2D eigenvalue weighted by Gasteiger charge is -2.40. The van der Waals surface area contributed by atoms with Crippen molar-refractivity contribution in [2.45, 2.75) is 72.0 Å². The average molecular weight is 284 g/mol. The van der Waals surface area contributed by atoms with Crippen LogP contribution in [0.5, 0.6) is 0 Å². The first-order valence-corrected chi connectivity index (χ1v) is 7.94. The quantitative estimate of drug-likeness (QED) is 0.683. The molecule has 4 nitrogen and oxygen atoms in total. The van der Waals surface area contributed by atoms with Crippen molar-refractivity contribution in [3.05, 3.63) is 0 Å². The molecule has 4 heteroatoms. The largest absolute Gasteiger partial charge is 0.480 e. The van der Waals surface area contributed by atoms with E-state index in [-0.39, 0.29) is 12.0 Å². The van der Waals surface area contributed by atoms with E-state index in [1.165, 1.54) is 0 Å². The predicted molar refractivity (Wildman–Crippen MR) is 82.9 cm³/mol. The van der Waals surface area contributed by atoms with Gasteiger partial charge in [-0.2, -0.15) is 0 Å². The Bertz CT molecular complexity index is 324. The minimum absolute atomic E-state index is 0.180. The summed E-state index contributed by atoms with van der Waals surface area (Å²) in [7, 11) is 0. The van der Waals surface area contributed by atoms with E-state index in [1.807, 2.05) is 13.8 Å². The number of nitrogens with one attached hydrogen (secondary N) is 1. The smallest absolute Gasteiger partial charge is 0.325 e. The normalized spacial score (nSPS) is 19.1. The number of carbonyl (C=O) groups is 1. The zero-order chi connectivity index (χ0) is 15.5. The van der Waals surface area contributed by atoms with Crippen LogP contribution in [0.4, 0.5) is 0 Å². The van der Waals surface area contributed by atoms with Gasteiger partial charge in [-0.3, -0.25) is 15.0 Å². The Morgan fingerprint density at radius 2 is 1.80 bits per heavy atom. The van der Waals surface area contributed by atoms with Gasteiger partial charge in [0, 0.05) is 25.2 Å². The van der Waals surface area contributed by atoms with Crippen molar-refractivity contribution in [1.82, 2.24) is 10.2 Å². The summed E-state index contributed by atoms with van der Waals surface area (Å²) in [5.41, 5.74) is -0.784. The van der Waals surface area contributed by atoms with Crippen LogP contribution in [-0.2, 0) is 4.79 Å². The summed E-state index contributed by atoms with van der Waals surface area (Å²) in [6.07, 6.45) is 2.05. The van der Waals surface area contributed by atoms with Gasteiger partial charge in [-0.1, -0.05) is 13.8 Å². The summed E-state index contributed by atoms with van der Waals surface area (Å²) < 4.78 is 0. The molecule has 0 aliphatic heterocycles. The standard InChI is InChI=1S/C16H32N2O2/c1-11(2)9-18(13(5)6)10-16(15(19)20,14-7-8-14)17-12(3)4/h11-14,17H,7-10H2,1-6H3,(H,19,20). The second-order valence-corrected chi connectivity index (χ2v) is 7.27. The molecule has 20 heavy (non-hydrogen) atoms. The van der Waals surface area contributed by atoms with Crippen LogP contribution in [0.1, 0.15) is 54.4 Å². The summed E-state index contributed by atoms with van der Waals surface area (Å²) in [6.45, 7) is 14.3.